The number of halogens is 1. The topological polar surface area (TPSA) is 181 Å². The normalized spacial score (nSPS) is 22.3. The van der Waals surface area contributed by atoms with Crippen molar-refractivity contribution in [2.75, 3.05) is 55.0 Å². The lowest BCUT2D eigenvalue weighted by Gasteiger charge is -2.47. The van der Waals surface area contributed by atoms with Crippen LogP contribution in [0, 0.1) is 11.7 Å². The van der Waals surface area contributed by atoms with E-state index in [2.05, 4.69) is 30.6 Å². The highest BCUT2D eigenvalue weighted by Crippen LogP contribution is 2.36. The number of aromatic amines is 1. The zero-order valence-corrected chi connectivity index (χ0v) is 35.4. The number of hydrogen-bond acceptors (Lipinski definition) is 11. The molecule has 5 aliphatic heterocycles. The van der Waals surface area contributed by atoms with Crippen LogP contribution in [-0.2, 0) is 32.2 Å². The van der Waals surface area contributed by atoms with Crippen molar-refractivity contribution < 1.29 is 37.9 Å². The number of anilines is 3. The van der Waals surface area contributed by atoms with Crippen LogP contribution in [0.15, 0.2) is 66.7 Å². The summed E-state index contributed by atoms with van der Waals surface area (Å²) in [5, 5.41) is 12.4. The molecule has 3 N–H and O–H groups in total. The Hall–Kier alpha value is -6.46. The molecule has 0 bridgehead atoms. The third-order valence-electron chi connectivity index (χ3n) is 13.2. The number of carbonyl (C=O) groups is 6. The molecule has 4 atom stereocenters. The van der Waals surface area contributed by atoms with Gasteiger partial charge in [-0.15, -0.1) is 0 Å². The molecule has 3 aromatic carbocycles. The number of amides is 6. The Morgan fingerprint density at radius 3 is 2.25 bits per heavy atom. The number of nitrogens with zero attached hydrogens (tertiary/aromatic N) is 6. The molecule has 0 radical (unpaired) electrons. The molecule has 0 saturated carbocycles. The summed E-state index contributed by atoms with van der Waals surface area (Å²) in [6.07, 6.45) is 1.29. The largest absolute Gasteiger partial charge is 0.372 e. The minimum absolute atomic E-state index is 0.00738. The van der Waals surface area contributed by atoms with E-state index in [1.807, 2.05) is 73.3 Å². The van der Waals surface area contributed by atoms with Gasteiger partial charge in [-0.2, -0.15) is 5.10 Å². The standard InChI is InChI=1S/C46H50FN9O7/c1-26-21-52(22-27(2)55(26)38-20-33-32(19-35(38)47)44(60)56(45(33)61)37-13-14-39(57)48-43(37)59)23-28-15-17-53(18-16-28)31-11-9-30(10-12-31)42(58)49-41-34-24-54(25-36(34)50-51-41)46(62)40(63-3)29-7-5-4-6-8-29/h4-12,19-20,26-28,37,40H,13-18,21-25H2,1-3H3,(H,48,57,59)(H2,49,50,51,58)/t26?,27?,37?,40-/m1/s1. The van der Waals surface area contributed by atoms with Crippen LogP contribution >= 0.6 is 0 Å². The maximum Gasteiger partial charge on any atom is 0.262 e. The number of nitrogens with one attached hydrogen (secondary N) is 3. The number of piperidine rings is 2. The number of hydrogen-bond donors (Lipinski definition) is 3. The van der Waals surface area contributed by atoms with Gasteiger partial charge in [-0.3, -0.25) is 49.0 Å². The molecule has 0 aliphatic carbocycles. The second-order valence-corrected chi connectivity index (χ2v) is 17.3. The zero-order valence-electron chi connectivity index (χ0n) is 35.4. The van der Waals surface area contributed by atoms with Crippen LogP contribution in [0.2, 0.25) is 0 Å². The maximum absolute atomic E-state index is 15.8. The Bertz CT molecular complexity index is 2460. The van der Waals surface area contributed by atoms with Crippen molar-refractivity contribution in [2.45, 2.75) is 76.8 Å². The molecule has 6 amide bonds. The SMILES string of the molecule is CO[C@@H](C(=O)N1Cc2[nH]nc(NC(=O)c3ccc(N4CCC(CN5CC(C)N(c6cc7c(cc6F)C(=O)N(C6CCC(=O)NC6=O)C7=O)C(C)C5)CC4)cc3)c2C1)c1ccccc1. The quantitative estimate of drug-likeness (QED) is 0.194. The van der Waals surface area contributed by atoms with Crippen LogP contribution in [0.3, 0.4) is 0 Å². The number of ether oxygens (including phenoxy) is 1. The number of carbonyl (C=O) groups excluding carboxylic acids is 6. The Kier molecular flexibility index (Phi) is 11.3. The molecule has 6 heterocycles. The van der Waals surface area contributed by atoms with Gasteiger partial charge in [-0.05, 0) is 81.0 Å². The average molecular weight is 860 g/mol. The number of aromatic nitrogens is 2. The van der Waals surface area contributed by atoms with Crippen LogP contribution in [0.4, 0.5) is 21.6 Å². The Morgan fingerprint density at radius 2 is 1.59 bits per heavy atom. The highest BCUT2D eigenvalue weighted by Gasteiger charge is 2.46. The first-order valence-electron chi connectivity index (χ1n) is 21.5. The molecule has 5 aliphatic rings. The highest BCUT2D eigenvalue weighted by atomic mass is 19.1. The van der Waals surface area contributed by atoms with Crippen LogP contribution in [0.25, 0.3) is 0 Å². The summed E-state index contributed by atoms with van der Waals surface area (Å²) in [7, 11) is 1.52. The molecule has 0 spiro atoms. The van der Waals surface area contributed by atoms with Crippen molar-refractivity contribution in [3.8, 4) is 0 Å². The lowest BCUT2D eigenvalue weighted by Crippen LogP contribution is -2.58. The third kappa shape index (κ3) is 7.95. The molecule has 1 aromatic heterocycles. The Labute approximate surface area is 363 Å². The summed E-state index contributed by atoms with van der Waals surface area (Å²) in [6, 6.07) is 18.2. The first-order chi connectivity index (χ1) is 30.4. The number of methoxy groups -OCH3 is 1. The van der Waals surface area contributed by atoms with Crippen molar-refractivity contribution >= 4 is 52.6 Å². The van der Waals surface area contributed by atoms with Crippen LogP contribution in [-0.4, -0.2) is 118 Å². The molecule has 3 saturated heterocycles. The summed E-state index contributed by atoms with van der Waals surface area (Å²) in [5.74, 6) is -2.74. The fraction of sp³-hybridized carbons (Fsp3) is 0.413. The number of benzene rings is 3. The van der Waals surface area contributed by atoms with Gasteiger partial charge in [0.15, 0.2) is 11.9 Å². The molecule has 3 fully saturated rings. The van der Waals surface area contributed by atoms with Gasteiger partial charge in [0.05, 0.1) is 35.6 Å². The molecule has 63 heavy (non-hydrogen) atoms. The van der Waals surface area contributed by atoms with Gasteiger partial charge in [0.25, 0.3) is 23.6 Å². The van der Waals surface area contributed by atoms with E-state index in [0.29, 0.717) is 43.5 Å². The summed E-state index contributed by atoms with van der Waals surface area (Å²) in [4.78, 5) is 87.0. The summed E-state index contributed by atoms with van der Waals surface area (Å²) in [5.41, 5.74) is 4.10. The average Bonchev–Trinajstić information content (AvgIpc) is 3.93. The minimum atomic E-state index is -1.12. The van der Waals surface area contributed by atoms with Crippen molar-refractivity contribution in [3.63, 3.8) is 0 Å². The number of piperazine rings is 1. The molecule has 3 unspecified atom stereocenters. The maximum atomic E-state index is 15.8. The van der Waals surface area contributed by atoms with Crippen LogP contribution in [0.5, 0.6) is 0 Å². The molecule has 4 aromatic rings. The van der Waals surface area contributed by atoms with Crippen molar-refractivity contribution in [2.24, 2.45) is 5.92 Å². The highest BCUT2D eigenvalue weighted by molar-refractivity contribution is 6.23. The minimum Gasteiger partial charge on any atom is -0.372 e. The second-order valence-electron chi connectivity index (χ2n) is 17.3. The number of fused-ring (bicyclic) bond motifs is 2. The zero-order chi connectivity index (χ0) is 44.1. The molecule has 16 nitrogen and oxygen atoms in total. The van der Waals surface area contributed by atoms with E-state index in [9.17, 15) is 28.8 Å². The van der Waals surface area contributed by atoms with Crippen LogP contribution < -0.4 is 20.4 Å². The first-order valence-corrected chi connectivity index (χ1v) is 21.5. The van der Waals surface area contributed by atoms with Gasteiger partial charge < -0.3 is 24.8 Å². The van der Waals surface area contributed by atoms with Gasteiger partial charge in [0, 0.05) is 75.2 Å². The monoisotopic (exact) mass is 859 g/mol. The molecule has 17 heteroatoms. The first kappa shape index (κ1) is 41.9. The third-order valence-corrected chi connectivity index (χ3v) is 13.2. The summed E-state index contributed by atoms with van der Waals surface area (Å²) < 4.78 is 21.4. The van der Waals surface area contributed by atoms with Crippen molar-refractivity contribution in [1.29, 1.82) is 0 Å². The second kappa shape index (κ2) is 17.0. The fourth-order valence-corrected chi connectivity index (χ4v) is 10.0. The fourth-order valence-electron chi connectivity index (χ4n) is 10.0. The number of H-pyrrole nitrogens is 1. The summed E-state index contributed by atoms with van der Waals surface area (Å²) in [6.45, 7) is 8.74. The predicted molar refractivity (Wildman–Crippen MR) is 229 cm³/mol. The molecular weight excluding hydrogens is 810 g/mol. The van der Waals surface area contributed by atoms with E-state index in [1.54, 1.807) is 4.90 Å². The van der Waals surface area contributed by atoms with E-state index >= 15 is 4.39 Å². The van der Waals surface area contributed by atoms with E-state index < -0.39 is 41.6 Å². The number of imide groups is 2. The summed E-state index contributed by atoms with van der Waals surface area (Å²) >= 11 is 0. The van der Waals surface area contributed by atoms with Gasteiger partial charge in [0.1, 0.15) is 11.9 Å². The smallest absolute Gasteiger partial charge is 0.262 e. The molecular formula is C46H50FN9O7. The number of rotatable bonds is 10. The van der Waals surface area contributed by atoms with Crippen LogP contribution in [0.1, 0.15) is 93.5 Å². The Balaban J connectivity index is 0.760. The van der Waals surface area contributed by atoms with Gasteiger partial charge >= 0.3 is 0 Å². The van der Waals surface area contributed by atoms with E-state index in [1.165, 1.54) is 13.2 Å². The van der Waals surface area contributed by atoms with Gasteiger partial charge in [-0.25, -0.2) is 4.39 Å². The van der Waals surface area contributed by atoms with Crippen molar-refractivity contribution in [1.82, 2.24) is 30.2 Å². The van der Waals surface area contributed by atoms with E-state index in [0.717, 1.165) is 66.0 Å². The van der Waals surface area contributed by atoms with E-state index in [4.69, 9.17) is 4.74 Å². The lowest BCUT2D eigenvalue weighted by atomic mass is 9.94. The van der Waals surface area contributed by atoms with Gasteiger partial charge in [-0.1, -0.05) is 30.3 Å². The van der Waals surface area contributed by atoms with E-state index in [-0.39, 0.29) is 53.6 Å². The van der Waals surface area contributed by atoms with Gasteiger partial charge in [0.2, 0.25) is 11.8 Å². The van der Waals surface area contributed by atoms with Crippen molar-refractivity contribution in [3.05, 3.63) is 106 Å². The Morgan fingerprint density at radius 1 is 0.905 bits per heavy atom. The molecule has 9 rings (SSSR count). The lowest BCUT2D eigenvalue weighted by molar-refractivity contribution is -0.143. The predicted octanol–water partition coefficient (Wildman–Crippen LogP) is 4.25. The molecule has 328 valence electrons.